The number of fused-ring (bicyclic) bond motifs is 2. The zero-order chi connectivity index (χ0) is 11.9. The highest BCUT2D eigenvalue weighted by atomic mass is 31.2. The molecule has 2 aliphatic rings. The van der Waals surface area contributed by atoms with Crippen LogP contribution in [0.15, 0.2) is 30.3 Å². The lowest BCUT2D eigenvalue weighted by atomic mass is 10.2. The molecule has 92 valence electrons. The molecule has 5 nitrogen and oxygen atoms in total. The summed E-state index contributed by atoms with van der Waals surface area (Å²) in [4.78, 5) is 0. The lowest BCUT2D eigenvalue weighted by molar-refractivity contribution is 0.0122. The quantitative estimate of drug-likeness (QED) is 0.770. The maximum absolute atomic E-state index is 12.4. The van der Waals surface area contributed by atoms with E-state index in [0.717, 1.165) is 5.56 Å². The fourth-order valence-electron chi connectivity index (χ4n) is 2.23. The third-order valence-electron chi connectivity index (χ3n) is 3.18. The Morgan fingerprint density at radius 1 is 1.47 bits per heavy atom. The van der Waals surface area contributed by atoms with E-state index < -0.39 is 13.8 Å². The van der Waals surface area contributed by atoms with E-state index in [1.165, 1.54) is 0 Å². The SMILES string of the molecule is O=P12NCC(O1)C(O)CN2Cc1ccccc1. The van der Waals surface area contributed by atoms with Crippen LogP contribution < -0.4 is 5.09 Å². The van der Waals surface area contributed by atoms with Crippen molar-refractivity contribution < 1.29 is 14.2 Å². The van der Waals surface area contributed by atoms with Crippen LogP contribution in [-0.4, -0.2) is 35.1 Å². The number of hydrogen-bond donors (Lipinski definition) is 2. The Morgan fingerprint density at radius 2 is 2.24 bits per heavy atom. The summed E-state index contributed by atoms with van der Waals surface area (Å²) in [5.41, 5.74) is 1.06. The van der Waals surface area contributed by atoms with E-state index in [1.54, 1.807) is 4.67 Å². The molecule has 6 heteroatoms. The molecule has 0 aliphatic carbocycles. The topological polar surface area (TPSA) is 61.8 Å². The predicted molar refractivity (Wildman–Crippen MR) is 63.3 cm³/mol. The van der Waals surface area contributed by atoms with Gasteiger partial charge in [0.25, 0.3) is 0 Å². The van der Waals surface area contributed by atoms with Gasteiger partial charge in [-0.05, 0) is 5.56 Å². The highest BCUT2D eigenvalue weighted by Gasteiger charge is 2.48. The van der Waals surface area contributed by atoms with Gasteiger partial charge in [0, 0.05) is 19.6 Å². The van der Waals surface area contributed by atoms with Gasteiger partial charge in [0.15, 0.2) is 0 Å². The second-order valence-electron chi connectivity index (χ2n) is 4.43. The van der Waals surface area contributed by atoms with Gasteiger partial charge in [0.2, 0.25) is 0 Å². The molecule has 2 bridgehead atoms. The maximum atomic E-state index is 12.4. The average Bonchev–Trinajstić information content (AvgIpc) is 2.69. The van der Waals surface area contributed by atoms with E-state index in [-0.39, 0.29) is 6.10 Å². The minimum Gasteiger partial charge on any atom is -0.389 e. The normalized spacial score (nSPS) is 37.2. The Bertz CT molecular complexity index is 453. The average molecular weight is 254 g/mol. The monoisotopic (exact) mass is 254 g/mol. The second kappa shape index (κ2) is 4.19. The number of nitrogens with zero attached hydrogens (tertiary/aromatic N) is 1. The van der Waals surface area contributed by atoms with Crippen LogP contribution in [0, 0.1) is 0 Å². The van der Waals surface area contributed by atoms with Gasteiger partial charge >= 0.3 is 7.67 Å². The number of aliphatic hydroxyl groups is 1. The van der Waals surface area contributed by atoms with Gasteiger partial charge in [-0.25, -0.2) is 9.76 Å². The summed E-state index contributed by atoms with van der Waals surface area (Å²) in [6, 6.07) is 9.77. The number of aliphatic hydroxyl groups excluding tert-OH is 1. The number of benzene rings is 1. The third kappa shape index (κ3) is 2.05. The first-order valence-corrected chi connectivity index (χ1v) is 7.26. The van der Waals surface area contributed by atoms with Crippen LogP contribution >= 0.6 is 7.67 Å². The fourth-order valence-corrected chi connectivity index (χ4v) is 4.36. The van der Waals surface area contributed by atoms with Crippen molar-refractivity contribution in [3.8, 4) is 0 Å². The largest absolute Gasteiger partial charge is 0.389 e. The van der Waals surface area contributed by atoms with Crippen molar-refractivity contribution in [2.45, 2.75) is 18.8 Å². The molecule has 2 heterocycles. The molecule has 0 spiro atoms. The molecule has 3 rings (SSSR count). The summed E-state index contributed by atoms with van der Waals surface area (Å²) < 4.78 is 19.5. The number of hydrogen-bond acceptors (Lipinski definition) is 3. The summed E-state index contributed by atoms with van der Waals surface area (Å²) in [7, 11) is -2.91. The van der Waals surface area contributed by atoms with Gasteiger partial charge in [-0.3, -0.25) is 9.09 Å². The highest BCUT2D eigenvalue weighted by Crippen LogP contribution is 2.55. The van der Waals surface area contributed by atoms with E-state index in [2.05, 4.69) is 5.09 Å². The Labute approximate surface area is 100.0 Å². The number of β-amino-alcohol motifs (C(OH)–C–C–N with tert-alkyl or cyclic N) is 1. The van der Waals surface area contributed by atoms with E-state index in [9.17, 15) is 9.67 Å². The van der Waals surface area contributed by atoms with E-state index >= 15 is 0 Å². The van der Waals surface area contributed by atoms with Crippen molar-refractivity contribution in [2.24, 2.45) is 0 Å². The lowest BCUT2D eigenvalue weighted by Gasteiger charge is -2.34. The van der Waals surface area contributed by atoms with Crippen molar-refractivity contribution in [2.75, 3.05) is 13.1 Å². The molecular weight excluding hydrogens is 239 g/mol. The van der Waals surface area contributed by atoms with Crippen LogP contribution in [0.3, 0.4) is 0 Å². The Balaban J connectivity index is 1.81. The minimum atomic E-state index is -2.91. The molecule has 2 N–H and O–H groups in total. The predicted octanol–water partition coefficient (Wildman–Crippen LogP) is 0.960. The molecular formula is C11H15N2O3P. The third-order valence-corrected chi connectivity index (χ3v) is 5.37. The van der Waals surface area contributed by atoms with Crippen molar-refractivity contribution in [3.63, 3.8) is 0 Å². The van der Waals surface area contributed by atoms with Gasteiger partial charge in [0.05, 0.1) is 6.10 Å². The van der Waals surface area contributed by atoms with Gasteiger partial charge in [0.1, 0.15) is 6.10 Å². The fraction of sp³-hybridized carbons (Fsp3) is 0.455. The van der Waals surface area contributed by atoms with Crippen molar-refractivity contribution in [1.29, 1.82) is 0 Å². The molecule has 0 saturated carbocycles. The zero-order valence-corrected chi connectivity index (χ0v) is 10.2. The van der Waals surface area contributed by atoms with Gasteiger partial charge in [-0.1, -0.05) is 30.3 Å². The Hall–Kier alpha value is -0.710. The molecule has 0 amide bonds. The van der Waals surface area contributed by atoms with Crippen molar-refractivity contribution >= 4 is 7.67 Å². The van der Waals surface area contributed by atoms with Crippen LogP contribution in [0.2, 0.25) is 0 Å². The molecule has 3 atom stereocenters. The van der Waals surface area contributed by atoms with Gasteiger partial charge < -0.3 is 5.11 Å². The molecule has 2 fully saturated rings. The summed E-state index contributed by atoms with van der Waals surface area (Å²) >= 11 is 0. The first kappa shape index (κ1) is 11.4. The molecule has 1 aromatic rings. The van der Waals surface area contributed by atoms with Crippen molar-refractivity contribution in [3.05, 3.63) is 35.9 Å². The summed E-state index contributed by atoms with van der Waals surface area (Å²) in [5, 5.41) is 12.7. The first-order chi connectivity index (χ1) is 8.17. The molecule has 0 aromatic heterocycles. The summed E-state index contributed by atoms with van der Waals surface area (Å²) in [6.07, 6.45) is -0.899. The van der Waals surface area contributed by atoms with Crippen LogP contribution in [0.25, 0.3) is 0 Å². The number of nitrogens with one attached hydrogen (secondary N) is 1. The maximum Gasteiger partial charge on any atom is 0.344 e. The van der Waals surface area contributed by atoms with E-state index in [0.29, 0.717) is 19.6 Å². The zero-order valence-electron chi connectivity index (χ0n) is 9.32. The van der Waals surface area contributed by atoms with Crippen LogP contribution in [0.4, 0.5) is 0 Å². The smallest absolute Gasteiger partial charge is 0.344 e. The highest BCUT2D eigenvalue weighted by molar-refractivity contribution is 7.54. The Morgan fingerprint density at radius 3 is 3.00 bits per heavy atom. The van der Waals surface area contributed by atoms with Crippen LogP contribution in [-0.2, 0) is 15.6 Å². The minimum absolute atomic E-state index is 0.326. The second-order valence-corrected chi connectivity index (χ2v) is 6.56. The molecule has 1 aromatic carbocycles. The van der Waals surface area contributed by atoms with Gasteiger partial charge in [-0.15, -0.1) is 0 Å². The number of rotatable bonds is 2. The molecule has 3 unspecified atom stereocenters. The summed E-state index contributed by atoms with van der Waals surface area (Å²) in [6.45, 7) is 1.38. The van der Waals surface area contributed by atoms with Crippen LogP contribution in [0.5, 0.6) is 0 Å². The van der Waals surface area contributed by atoms with E-state index in [1.807, 2.05) is 30.3 Å². The van der Waals surface area contributed by atoms with Crippen LogP contribution in [0.1, 0.15) is 5.56 Å². The first-order valence-electron chi connectivity index (χ1n) is 5.68. The molecule has 2 aliphatic heterocycles. The van der Waals surface area contributed by atoms with E-state index in [4.69, 9.17) is 4.52 Å². The summed E-state index contributed by atoms with van der Waals surface area (Å²) in [5.74, 6) is 0. The van der Waals surface area contributed by atoms with Gasteiger partial charge in [-0.2, -0.15) is 0 Å². The molecule has 0 radical (unpaired) electrons. The van der Waals surface area contributed by atoms with Crippen molar-refractivity contribution in [1.82, 2.24) is 9.76 Å². The molecule has 2 saturated heterocycles. The Kier molecular flexibility index (Phi) is 2.81. The molecule has 17 heavy (non-hydrogen) atoms. The lowest BCUT2D eigenvalue weighted by Crippen LogP contribution is -2.41. The standard InChI is InChI=1S/C11H15N2O3P/c14-10-8-13(7-9-4-2-1-3-5-9)17(15)12-6-11(10)16-17/h1-5,10-11,14H,6-8H2,(H,12,15).